The van der Waals surface area contributed by atoms with Crippen LogP contribution in [0.2, 0.25) is 0 Å². The SMILES string of the molecule is CCCC(CCC)C(=O)NCC1(CBr)CCCCC1. The summed E-state index contributed by atoms with van der Waals surface area (Å²) >= 11 is 3.67. The smallest absolute Gasteiger partial charge is 0.223 e. The summed E-state index contributed by atoms with van der Waals surface area (Å²) in [5.41, 5.74) is 0.316. The molecular weight excluding hydrogens is 302 g/mol. The zero-order valence-corrected chi connectivity index (χ0v) is 14.2. The molecule has 0 unspecified atom stereocenters. The number of hydrogen-bond acceptors (Lipinski definition) is 1. The van der Waals surface area contributed by atoms with Gasteiger partial charge in [0.15, 0.2) is 0 Å². The topological polar surface area (TPSA) is 29.1 Å². The fourth-order valence-corrected chi connectivity index (χ4v) is 3.94. The molecule has 0 saturated heterocycles. The minimum absolute atomic E-state index is 0.228. The van der Waals surface area contributed by atoms with Gasteiger partial charge in [0.2, 0.25) is 5.91 Å². The molecule has 1 N–H and O–H groups in total. The lowest BCUT2D eigenvalue weighted by atomic mass is 9.75. The van der Waals surface area contributed by atoms with Gasteiger partial charge < -0.3 is 5.32 Å². The maximum atomic E-state index is 12.3. The molecule has 0 atom stereocenters. The van der Waals surface area contributed by atoms with Gasteiger partial charge in [-0.05, 0) is 31.1 Å². The predicted octanol–water partition coefficient (Wildman–Crippen LogP) is 4.66. The summed E-state index contributed by atoms with van der Waals surface area (Å²) in [5, 5.41) is 4.27. The Balaban J connectivity index is 2.45. The number of halogens is 1. The fourth-order valence-electron chi connectivity index (χ4n) is 3.18. The second-order valence-electron chi connectivity index (χ2n) is 6.19. The lowest BCUT2D eigenvalue weighted by molar-refractivity contribution is -0.126. The van der Waals surface area contributed by atoms with Gasteiger partial charge in [0.05, 0.1) is 0 Å². The van der Waals surface area contributed by atoms with E-state index >= 15 is 0 Å². The number of hydrogen-bond donors (Lipinski definition) is 1. The van der Waals surface area contributed by atoms with E-state index in [0.29, 0.717) is 5.41 Å². The summed E-state index contributed by atoms with van der Waals surface area (Å²) in [5.74, 6) is 0.514. The Morgan fingerprint density at radius 2 is 1.74 bits per heavy atom. The van der Waals surface area contributed by atoms with Gasteiger partial charge in [-0.25, -0.2) is 0 Å². The molecule has 0 spiro atoms. The van der Waals surface area contributed by atoms with Crippen molar-refractivity contribution < 1.29 is 4.79 Å². The minimum atomic E-state index is 0.228. The van der Waals surface area contributed by atoms with E-state index in [1.165, 1.54) is 32.1 Å². The molecule has 2 nitrogen and oxygen atoms in total. The van der Waals surface area contributed by atoms with Gasteiger partial charge >= 0.3 is 0 Å². The van der Waals surface area contributed by atoms with Gasteiger partial charge in [-0.15, -0.1) is 0 Å². The Morgan fingerprint density at radius 3 is 2.21 bits per heavy atom. The number of alkyl halides is 1. The van der Waals surface area contributed by atoms with Crippen molar-refractivity contribution in [3.8, 4) is 0 Å². The van der Waals surface area contributed by atoms with Crippen LogP contribution in [0.1, 0.15) is 71.6 Å². The van der Waals surface area contributed by atoms with E-state index in [2.05, 4.69) is 35.1 Å². The largest absolute Gasteiger partial charge is 0.355 e. The Morgan fingerprint density at radius 1 is 1.16 bits per heavy atom. The van der Waals surface area contributed by atoms with Crippen LogP contribution >= 0.6 is 15.9 Å². The van der Waals surface area contributed by atoms with E-state index in [1.807, 2.05) is 0 Å². The van der Waals surface area contributed by atoms with Gasteiger partial charge in [-0.2, -0.15) is 0 Å². The number of rotatable bonds is 8. The van der Waals surface area contributed by atoms with Crippen LogP contribution in [0.25, 0.3) is 0 Å². The quantitative estimate of drug-likeness (QED) is 0.643. The first-order chi connectivity index (χ1) is 9.17. The van der Waals surface area contributed by atoms with Gasteiger partial charge in [-0.3, -0.25) is 4.79 Å². The third-order valence-corrected chi connectivity index (χ3v) is 5.67. The first-order valence-electron chi connectivity index (χ1n) is 8.01. The van der Waals surface area contributed by atoms with Crippen molar-refractivity contribution in [2.24, 2.45) is 11.3 Å². The Labute approximate surface area is 127 Å². The van der Waals surface area contributed by atoms with Gasteiger partial charge in [0, 0.05) is 17.8 Å². The molecule has 1 rings (SSSR count). The van der Waals surface area contributed by atoms with Crippen molar-refractivity contribution in [2.75, 3.05) is 11.9 Å². The van der Waals surface area contributed by atoms with E-state index < -0.39 is 0 Å². The molecule has 0 aromatic heterocycles. The van der Waals surface area contributed by atoms with E-state index in [1.54, 1.807) is 0 Å². The Hall–Kier alpha value is -0.0500. The zero-order chi connectivity index (χ0) is 14.1. The van der Waals surface area contributed by atoms with Crippen molar-refractivity contribution in [3.63, 3.8) is 0 Å². The van der Waals surface area contributed by atoms with E-state index in [-0.39, 0.29) is 11.8 Å². The lowest BCUT2D eigenvalue weighted by Crippen LogP contribution is -2.42. The maximum absolute atomic E-state index is 12.3. The summed E-state index contributed by atoms with van der Waals surface area (Å²) in [6.07, 6.45) is 10.8. The van der Waals surface area contributed by atoms with E-state index in [4.69, 9.17) is 0 Å². The number of carbonyl (C=O) groups is 1. The molecule has 0 aliphatic heterocycles. The normalized spacial score (nSPS) is 18.5. The standard InChI is InChI=1S/C16H30BrNO/c1-3-8-14(9-4-2)15(19)18-13-16(12-17)10-6-5-7-11-16/h14H,3-13H2,1-2H3,(H,18,19). The van der Waals surface area contributed by atoms with Crippen LogP contribution in [0.5, 0.6) is 0 Å². The van der Waals surface area contributed by atoms with Gasteiger partial charge in [-0.1, -0.05) is 61.9 Å². The maximum Gasteiger partial charge on any atom is 0.223 e. The van der Waals surface area contributed by atoms with Crippen LogP contribution in [-0.2, 0) is 4.79 Å². The van der Waals surface area contributed by atoms with E-state index in [0.717, 1.165) is 37.6 Å². The molecule has 112 valence electrons. The van der Waals surface area contributed by atoms with E-state index in [9.17, 15) is 4.79 Å². The van der Waals surface area contributed by atoms with Crippen molar-refractivity contribution in [1.82, 2.24) is 5.32 Å². The average Bonchev–Trinajstić information content (AvgIpc) is 2.45. The summed E-state index contributed by atoms with van der Waals surface area (Å²) in [6, 6.07) is 0. The van der Waals surface area contributed by atoms with Crippen molar-refractivity contribution in [2.45, 2.75) is 71.6 Å². The molecule has 19 heavy (non-hydrogen) atoms. The molecule has 1 aliphatic carbocycles. The van der Waals surface area contributed by atoms with Crippen molar-refractivity contribution in [3.05, 3.63) is 0 Å². The molecule has 1 fully saturated rings. The first kappa shape index (κ1) is 17.0. The van der Waals surface area contributed by atoms with Crippen LogP contribution in [-0.4, -0.2) is 17.8 Å². The fraction of sp³-hybridized carbons (Fsp3) is 0.938. The monoisotopic (exact) mass is 331 g/mol. The third-order valence-electron chi connectivity index (χ3n) is 4.48. The number of carbonyl (C=O) groups excluding carboxylic acids is 1. The third kappa shape index (κ3) is 5.45. The number of nitrogens with one attached hydrogen (secondary N) is 1. The number of amides is 1. The van der Waals surface area contributed by atoms with Crippen molar-refractivity contribution >= 4 is 21.8 Å². The molecule has 0 heterocycles. The molecule has 0 aromatic rings. The molecular formula is C16H30BrNO. The molecule has 0 aromatic carbocycles. The second kappa shape index (κ2) is 8.99. The van der Waals surface area contributed by atoms with Crippen LogP contribution in [0.3, 0.4) is 0 Å². The highest BCUT2D eigenvalue weighted by molar-refractivity contribution is 9.09. The van der Waals surface area contributed by atoms with Crippen molar-refractivity contribution in [1.29, 1.82) is 0 Å². The zero-order valence-electron chi connectivity index (χ0n) is 12.6. The summed E-state index contributed by atoms with van der Waals surface area (Å²) in [7, 11) is 0. The predicted molar refractivity (Wildman–Crippen MR) is 85.6 cm³/mol. The molecule has 1 aliphatic rings. The van der Waals surface area contributed by atoms with Crippen LogP contribution in [0.15, 0.2) is 0 Å². The van der Waals surface area contributed by atoms with Crippen LogP contribution < -0.4 is 5.32 Å². The summed E-state index contributed by atoms with van der Waals surface area (Å²) in [4.78, 5) is 12.3. The van der Waals surface area contributed by atoms with Crippen LogP contribution in [0.4, 0.5) is 0 Å². The molecule has 1 amide bonds. The Bertz CT molecular complexity index is 255. The highest BCUT2D eigenvalue weighted by atomic mass is 79.9. The molecule has 1 saturated carbocycles. The molecule has 3 heteroatoms. The first-order valence-corrected chi connectivity index (χ1v) is 9.13. The molecule has 0 radical (unpaired) electrons. The lowest BCUT2D eigenvalue weighted by Gasteiger charge is -2.36. The minimum Gasteiger partial charge on any atom is -0.355 e. The van der Waals surface area contributed by atoms with Crippen LogP contribution in [0, 0.1) is 11.3 Å². The average molecular weight is 332 g/mol. The molecule has 0 bridgehead atoms. The summed E-state index contributed by atoms with van der Waals surface area (Å²) in [6.45, 7) is 5.19. The highest BCUT2D eigenvalue weighted by Gasteiger charge is 2.31. The highest BCUT2D eigenvalue weighted by Crippen LogP contribution is 2.37. The summed E-state index contributed by atoms with van der Waals surface area (Å²) < 4.78 is 0. The van der Waals surface area contributed by atoms with Gasteiger partial charge in [0.1, 0.15) is 0 Å². The van der Waals surface area contributed by atoms with Gasteiger partial charge in [0.25, 0.3) is 0 Å². The second-order valence-corrected chi connectivity index (χ2v) is 6.75. The Kier molecular flexibility index (Phi) is 8.05.